The molecule has 1 unspecified atom stereocenters. The highest BCUT2D eigenvalue weighted by Crippen LogP contribution is 2.09. The van der Waals surface area contributed by atoms with Crippen molar-refractivity contribution in [1.29, 1.82) is 0 Å². The molecule has 0 aliphatic carbocycles. The smallest absolute Gasteiger partial charge is 0.0431 e. The molecule has 0 aromatic rings. The standard InChI is InChI=1S/C8H17O/c1-3-8(2)6-4-5-7-9/h8-9H,2-7H2,1H3. The minimum absolute atomic E-state index is 0.330. The molecule has 0 heterocycles. The average Bonchev–Trinajstić information content (AvgIpc) is 1.89. The zero-order valence-electron chi connectivity index (χ0n) is 6.27. The van der Waals surface area contributed by atoms with Gasteiger partial charge in [-0.3, -0.25) is 0 Å². The summed E-state index contributed by atoms with van der Waals surface area (Å²) < 4.78 is 0. The van der Waals surface area contributed by atoms with E-state index in [2.05, 4.69) is 13.8 Å². The molecule has 0 bridgehead atoms. The lowest BCUT2D eigenvalue weighted by atomic mass is 10.0. The number of hydrogen-bond donors (Lipinski definition) is 1. The van der Waals surface area contributed by atoms with Gasteiger partial charge in [0.05, 0.1) is 0 Å². The van der Waals surface area contributed by atoms with Gasteiger partial charge in [0.1, 0.15) is 0 Å². The molecular formula is C8H17O. The van der Waals surface area contributed by atoms with Crippen LogP contribution in [0.2, 0.25) is 0 Å². The zero-order valence-corrected chi connectivity index (χ0v) is 6.27. The molecule has 0 aromatic heterocycles. The van der Waals surface area contributed by atoms with Crippen LogP contribution in [0.3, 0.4) is 0 Å². The minimum atomic E-state index is 0.330. The molecule has 1 nitrogen and oxygen atoms in total. The van der Waals surface area contributed by atoms with Gasteiger partial charge in [-0.1, -0.05) is 33.1 Å². The van der Waals surface area contributed by atoms with E-state index in [4.69, 9.17) is 5.11 Å². The van der Waals surface area contributed by atoms with Crippen molar-refractivity contribution < 1.29 is 5.11 Å². The first kappa shape index (κ1) is 8.96. The van der Waals surface area contributed by atoms with Crippen molar-refractivity contribution in [2.75, 3.05) is 6.61 Å². The van der Waals surface area contributed by atoms with Crippen LogP contribution in [0.15, 0.2) is 0 Å². The molecule has 1 N–H and O–H groups in total. The summed E-state index contributed by atoms with van der Waals surface area (Å²) in [5.74, 6) is 0.594. The Morgan fingerprint density at radius 2 is 2.11 bits per heavy atom. The van der Waals surface area contributed by atoms with Crippen LogP contribution in [0.5, 0.6) is 0 Å². The fourth-order valence-corrected chi connectivity index (χ4v) is 0.749. The maximum atomic E-state index is 8.43. The van der Waals surface area contributed by atoms with Gasteiger partial charge in [0.25, 0.3) is 0 Å². The quantitative estimate of drug-likeness (QED) is 0.563. The summed E-state index contributed by atoms with van der Waals surface area (Å²) in [4.78, 5) is 0. The summed E-state index contributed by atoms with van der Waals surface area (Å²) in [6, 6.07) is 0. The van der Waals surface area contributed by atoms with Gasteiger partial charge in [-0.25, -0.2) is 0 Å². The number of aliphatic hydroxyl groups is 1. The molecule has 0 rings (SSSR count). The van der Waals surface area contributed by atoms with Crippen molar-refractivity contribution in [2.45, 2.75) is 32.6 Å². The normalized spacial score (nSPS) is 13.7. The van der Waals surface area contributed by atoms with E-state index in [9.17, 15) is 0 Å². The lowest BCUT2D eigenvalue weighted by Crippen LogP contribution is -1.93. The van der Waals surface area contributed by atoms with Gasteiger partial charge >= 0.3 is 0 Å². The number of aliphatic hydroxyl groups excluding tert-OH is 1. The third kappa shape index (κ3) is 5.84. The Morgan fingerprint density at radius 3 is 2.56 bits per heavy atom. The number of unbranched alkanes of at least 4 members (excludes halogenated alkanes) is 1. The molecule has 1 heteroatoms. The van der Waals surface area contributed by atoms with E-state index in [1.165, 1.54) is 0 Å². The fourth-order valence-electron chi connectivity index (χ4n) is 0.749. The summed E-state index contributed by atoms with van der Waals surface area (Å²) in [7, 11) is 0. The monoisotopic (exact) mass is 129 g/mol. The van der Waals surface area contributed by atoms with Crippen LogP contribution in [-0.4, -0.2) is 11.7 Å². The van der Waals surface area contributed by atoms with E-state index in [0.717, 1.165) is 25.7 Å². The maximum Gasteiger partial charge on any atom is 0.0431 e. The van der Waals surface area contributed by atoms with Crippen LogP contribution in [0.1, 0.15) is 32.6 Å². The molecule has 0 spiro atoms. The highest BCUT2D eigenvalue weighted by atomic mass is 16.2. The van der Waals surface area contributed by atoms with Gasteiger partial charge in [0, 0.05) is 6.61 Å². The molecule has 0 aromatic carbocycles. The lowest BCUT2D eigenvalue weighted by molar-refractivity contribution is 0.280. The summed E-state index contributed by atoms with van der Waals surface area (Å²) in [6.45, 7) is 6.43. The van der Waals surface area contributed by atoms with Crippen LogP contribution in [0.4, 0.5) is 0 Å². The van der Waals surface area contributed by atoms with Crippen molar-refractivity contribution in [3.63, 3.8) is 0 Å². The van der Waals surface area contributed by atoms with Gasteiger partial charge in [0.2, 0.25) is 0 Å². The third-order valence-electron chi connectivity index (χ3n) is 1.60. The topological polar surface area (TPSA) is 20.2 Å². The highest BCUT2D eigenvalue weighted by molar-refractivity contribution is 4.57. The Bertz CT molecular complexity index is 52.5. The molecule has 0 amide bonds. The predicted molar refractivity (Wildman–Crippen MR) is 40.1 cm³/mol. The Labute approximate surface area is 58.1 Å². The Hall–Kier alpha value is -0.0400. The number of hydrogen-bond acceptors (Lipinski definition) is 1. The van der Waals surface area contributed by atoms with Crippen LogP contribution in [0.25, 0.3) is 0 Å². The van der Waals surface area contributed by atoms with E-state index < -0.39 is 0 Å². The van der Waals surface area contributed by atoms with E-state index >= 15 is 0 Å². The minimum Gasteiger partial charge on any atom is -0.396 e. The van der Waals surface area contributed by atoms with Gasteiger partial charge in [-0.15, -0.1) is 0 Å². The van der Waals surface area contributed by atoms with Gasteiger partial charge in [-0.05, 0) is 12.3 Å². The Morgan fingerprint density at radius 1 is 1.44 bits per heavy atom. The summed E-state index contributed by atoms with van der Waals surface area (Å²) in [6.07, 6.45) is 4.38. The van der Waals surface area contributed by atoms with E-state index in [-0.39, 0.29) is 0 Å². The van der Waals surface area contributed by atoms with Crippen molar-refractivity contribution in [3.8, 4) is 0 Å². The van der Waals surface area contributed by atoms with E-state index in [1.54, 1.807) is 0 Å². The second-order valence-electron chi connectivity index (χ2n) is 2.49. The second kappa shape index (κ2) is 6.09. The average molecular weight is 129 g/mol. The van der Waals surface area contributed by atoms with Crippen LogP contribution < -0.4 is 0 Å². The van der Waals surface area contributed by atoms with Crippen molar-refractivity contribution in [2.24, 2.45) is 5.92 Å². The number of rotatable bonds is 5. The largest absolute Gasteiger partial charge is 0.396 e. The van der Waals surface area contributed by atoms with Crippen molar-refractivity contribution in [1.82, 2.24) is 0 Å². The lowest BCUT2D eigenvalue weighted by Gasteiger charge is -2.05. The van der Waals surface area contributed by atoms with Gasteiger partial charge in [0.15, 0.2) is 0 Å². The first-order valence-corrected chi connectivity index (χ1v) is 3.75. The third-order valence-corrected chi connectivity index (χ3v) is 1.60. The van der Waals surface area contributed by atoms with Crippen molar-refractivity contribution >= 4 is 0 Å². The first-order valence-electron chi connectivity index (χ1n) is 3.75. The molecule has 1 radical (unpaired) electrons. The predicted octanol–water partition coefficient (Wildman–Crippen LogP) is 2.01. The summed E-state index contributed by atoms with van der Waals surface area (Å²) >= 11 is 0. The Balaban J connectivity index is 2.88. The molecule has 0 saturated heterocycles. The van der Waals surface area contributed by atoms with Crippen LogP contribution in [-0.2, 0) is 0 Å². The van der Waals surface area contributed by atoms with Crippen LogP contribution >= 0.6 is 0 Å². The molecule has 0 saturated carbocycles. The van der Waals surface area contributed by atoms with Crippen molar-refractivity contribution in [3.05, 3.63) is 6.92 Å². The van der Waals surface area contributed by atoms with Gasteiger partial charge in [-0.2, -0.15) is 0 Å². The molecule has 0 fully saturated rings. The summed E-state index contributed by atoms with van der Waals surface area (Å²) in [5, 5.41) is 8.43. The second-order valence-corrected chi connectivity index (χ2v) is 2.49. The molecule has 55 valence electrons. The zero-order chi connectivity index (χ0) is 7.11. The highest BCUT2D eigenvalue weighted by Gasteiger charge is 1.96. The SMILES string of the molecule is [CH2]C(CC)CCCCO. The van der Waals surface area contributed by atoms with E-state index in [0.29, 0.717) is 12.5 Å². The molecular weight excluding hydrogens is 112 g/mol. The maximum absolute atomic E-state index is 8.43. The fraction of sp³-hybridized carbons (Fsp3) is 0.875. The van der Waals surface area contributed by atoms with Crippen LogP contribution in [0, 0.1) is 12.8 Å². The van der Waals surface area contributed by atoms with E-state index in [1.807, 2.05) is 0 Å². The molecule has 1 atom stereocenters. The molecule has 0 aliphatic rings. The summed E-state index contributed by atoms with van der Waals surface area (Å²) in [5.41, 5.74) is 0. The molecule has 0 aliphatic heterocycles. The molecule has 9 heavy (non-hydrogen) atoms. The van der Waals surface area contributed by atoms with Gasteiger partial charge < -0.3 is 5.11 Å². The first-order chi connectivity index (χ1) is 4.31. The Kier molecular flexibility index (Phi) is 6.06.